The Morgan fingerprint density at radius 3 is 2.83 bits per heavy atom. The van der Waals surface area contributed by atoms with Crippen molar-refractivity contribution in [1.82, 2.24) is 4.98 Å². The molecular formula is C22H15BrClIN2O3. The number of ether oxygens (including phenoxy) is 1. The summed E-state index contributed by atoms with van der Waals surface area (Å²) in [5.74, 6) is 0.832. The number of carbonyl (C=O) groups excluding carboxylic acids is 1. The molecule has 3 aromatic carbocycles. The number of benzene rings is 3. The van der Waals surface area contributed by atoms with Gasteiger partial charge in [0.2, 0.25) is 5.89 Å². The Hall–Kier alpha value is -2.10. The Morgan fingerprint density at radius 1 is 1.20 bits per heavy atom. The van der Waals surface area contributed by atoms with Gasteiger partial charge in [0.05, 0.1) is 5.56 Å². The van der Waals surface area contributed by atoms with Crippen LogP contribution in [0.2, 0.25) is 5.02 Å². The second kappa shape index (κ2) is 8.95. The Balaban J connectivity index is 1.47. The largest absolute Gasteiger partial charge is 0.484 e. The number of hydrogen-bond donors (Lipinski definition) is 1. The number of amides is 1. The molecule has 1 amide bonds. The van der Waals surface area contributed by atoms with Crippen LogP contribution < -0.4 is 10.1 Å². The number of halogens is 3. The van der Waals surface area contributed by atoms with E-state index < -0.39 is 0 Å². The second-order valence-corrected chi connectivity index (χ2v) is 9.08. The van der Waals surface area contributed by atoms with Crippen molar-refractivity contribution in [2.45, 2.75) is 6.92 Å². The average molecular weight is 598 g/mol. The topological polar surface area (TPSA) is 64.4 Å². The molecule has 5 nitrogen and oxygen atoms in total. The van der Waals surface area contributed by atoms with E-state index in [0.29, 0.717) is 33.4 Å². The first-order valence-electron chi connectivity index (χ1n) is 8.94. The number of carbonyl (C=O) groups is 1. The monoisotopic (exact) mass is 596 g/mol. The summed E-state index contributed by atoms with van der Waals surface area (Å²) < 4.78 is 13.4. The molecule has 0 aliphatic rings. The number of anilines is 1. The summed E-state index contributed by atoms with van der Waals surface area (Å²) in [6.07, 6.45) is 0. The van der Waals surface area contributed by atoms with E-state index in [4.69, 9.17) is 20.8 Å². The standard InChI is InChI=1S/C22H15BrClIN2O3/c1-12-8-15(4-6-18(12)24)29-11-21(28)26-14-3-7-20-19(10-14)27-22(30-20)16-9-13(25)2-5-17(16)23/h2-10H,11H2,1H3,(H,26,28). The van der Waals surface area contributed by atoms with Gasteiger partial charge in [-0.05, 0) is 106 Å². The summed E-state index contributed by atoms with van der Waals surface area (Å²) in [7, 11) is 0. The number of aryl methyl sites for hydroxylation is 1. The zero-order valence-corrected chi connectivity index (χ0v) is 20.2. The maximum atomic E-state index is 12.3. The molecular weight excluding hydrogens is 583 g/mol. The average Bonchev–Trinajstić information content (AvgIpc) is 3.14. The van der Waals surface area contributed by atoms with Gasteiger partial charge < -0.3 is 14.5 Å². The normalized spacial score (nSPS) is 10.9. The molecule has 0 atom stereocenters. The summed E-state index contributed by atoms with van der Waals surface area (Å²) in [5, 5.41) is 3.47. The van der Waals surface area contributed by atoms with E-state index in [0.717, 1.165) is 19.2 Å². The third kappa shape index (κ3) is 4.79. The highest BCUT2D eigenvalue weighted by Gasteiger charge is 2.13. The van der Waals surface area contributed by atoms with E-state index in [2.05, 4.69) is 48.8 Å². The van der Waals surface area contributed by atoms with E-state index >= 15 is 0 Å². The summed E-state index contributed by atoms with van der Waals surface area (Å²) in [6.45, 7) is 1.77. The van der Waals surface area contributed by atoms with Crippen molar-refractivity contribution in [2.75, 3.05) is 11.9 Å². The lowest BCUT2D eigenvalue weighted by molar-refractivity contribution is -0.118. The first-order valence-corrected chi connectivity index (χ1v) is 11.2. The molecule has 0 radical (unpaired) electrons. The Labute approximate surface area is 200 Å². The lowest BCUT2D eigenvalue weighted by atomic mass is 10.2. The maximum absolute atomic E-state index is 12.3. The number of fused-ring (bicyclic) bond motifs is 1. The summed E-state index contributed by atoms with van der Waals surface area (Å²) in [6, 6.07) is 16.5. The van der Waals surface area contributed by atoms with Crippen LogP contribution in [0.3, 0.4) is 0 Å². The molecule has 8 heteroatoms. The summed E-state index contributed by atoms with van der Waals surface area (Å²) in [4.78, 5) is 16.8. The molecule has 0 saturated carbocycles. The Bertz CT molecular complexity index is 1260. The smallest absolute Gasteiger partial charge is 0.262 e. The van der Waals surface area contributed by atoms with Gasteiger partial charge in [0.25, 0.3) is 5.91 Å². The van der Waals surface area contributed by atoms with Gasteiger partial charge in [0.1, 0.15) is 11.3 Å². The zero-order valence-electron chi connectivity index (χ0n) is 15.7. The van der Waals surface area contributed by atoms with Crippen LogP contribution >= 0.6 is 50.1 Å². The predicted molar refractivity (Wildman–Crippen MR) is 130 cm³/mol. The fraction of sp³-hybridized carbons (Fsp3) is 0.0909. The fourth-order valence-corrected chi connectivity index (χ4v) is 3.86. The molecule has 0 fully saturated rings. The molecule has 1 heterocycles. The molecule has 1 aromatic heterocycles. The molecule has 0 saturated heterocycles. The van der Waals surface area contributed by atoms with E-state index in [9.17, 15) is 4.79 Å². The number of rotatable bonds is 5. The Morgan fingerprint density at radius 2 is 2.03 bits per heavy atom. The minimum Gasteiger partial charge on any atom is -0.484 e. The molecule has 0 bridgehead atoms. The zero-order chi connectivity index (χ0) is 21.3. The molecule has 4 aromatic rings. The highest BCUT2D eigenvalue weighted by atomic mass is 127. The molecule has 0 aliphatic carbocycles. The highest BCUT2D eigenvalue weighted by Crippen LogP contribution is 2.32. The van der Waals surface area contributed by atoms with Gasteiger partial charge in [-0.15, -0.1) is 0 Å². The van der Waals surface area contributed by atoms with Gasteiger partial charge in [0.15, 0.2) is 12.2 Å². The van der Waals surface area contributed by atoms with E-state index in [1.54, 1.807) is 36.4 Å². The molecule has 152 valence electrons. The molecule has 0 aliphatic heterocycles. The predicted octanol–water partition coefficient (Wildman–Crippen LogP) is 6.84. The quantitative estimate of drug-likeness (QED) is 0.256. The van der Waals surface area contributed by atoms with Crippen molar-refractivity contribution < 1.29 is 13.9 Å². The van der Waals surface area contributed by atoms with Crippen molar-refractivity contribution in [1.29, 1.82) is 0 Å². The van der Waals surface area contributed by atoms with Gasteiger partial charge in [-0.1, -0.05) is 11.6 Å². The van der Waals surface area contributed by atoms with Gasteiger partial charge >= 0.3 is 0 Å². The number of hydrogen-bond acceptors (Lipinski definition) is 4. The molecule has 4 rings (SSSR count). The van der Waals surface area contributed by atoms with Crippen molar-refractivity contribution in [3.63, 3.8) is 0 Å². The van der Waals surface area contributed by atoms with Gasteiger partial charge in [-0.3, -0.25) is 4.79 Å². The van der Waals surface area contributed by atoms with Crippen LogP contribution in [0.15, 0.2) is 63.5 Å². The number of nitrogens with zero attached hydrogens (tertiary/aromatic N) is 1. The first kappa shape index (κ1) is 21.1. The molecule has 0 spiro atoms. The van der Waals surface area contributed by atoms with Crippen molar-refractivity contribution in [3.05, 3.63) is 73.2 Å². The number of aromatic nitrogens is 1. The molecule has 30 heavy (non-hydrogen) atoms. The minimum absolute atomic E-state index is 0.113. The number of oxazole rings is 1. The first-order chi connectivity index (χ1) is 14.4. The van der Waals surface area contributed by atoms with E-state index in [1.807, 2.05) is 25.1 Å². The lowest BCUT2D eigenvalue weighted by Gasteiger charge is -2.08. The highest BCUT2D eigenvalue weighted by molar-refractivity contribution is 14.1. The third-order valence-electron chi connectivity index (χ3n) is 4.33. The van der Waals surface area contributed by atoms with Crippen LogP contribution in [0.4, 0.5) is 5.69 Å². The lowest BCUT2D eigenvalue weighted by Crippen LogP contribution is -2.20. The maximum Gasteiger partial charge on any atom is 0.262 e. The van der Waals surface area contributed by atoms with Crippen LogP contribution in [-0.2, 0) is 4.79 Å². The van der Waals surface area contributed by atoms with Crippen LogP contribution in [0.5, 0.6) is 5.75 Å². The van der Waals surface area contributed by atoms with E-state index in [-0.39, 0.29) is 12.5 Å². The SMILES string of the molecule is Cc1cc(OCC(=O)Nc2ccc3oc(-c4cc(I)ccc4Br)nc3c2)ccc1Cl. The molecule has 1 N–H and O–H groups in total. The number of nitrogens with one attached hydrogen (secondary N) is 1. The van der Waals surface area contributed by atoms with Gasteiger partial charge in [0, 0.05) is 18.8 Å². The summed E-state index contributed by atoms with van der Waals surface area (Å²) in [5.41, 5.74) is 3.67. The van der Waals surface area contributed by atoms with Crippen molar-refractivity contribution in [3.8, 4) is 17.2 Å². The molecule has 0 unspecified atom stereocenters. The minimum atomic E-state index is -0.272. The third-order valence-corrected chi connectivity index (χ3v) is 6.12. The van der Waals surface area contributed by atoms with Gasteiger partial charge in [-0.2, -0.15) is 0 Å². The van der Waals surface area contributed by atoms with Crippen molar-refractivity contribution >= 4 is 72.8 Å². The fourth-order valence-electron chi connectivity index (χ4n) is 2.83. The van der Waals surface area contributed by atoms with Gasteiger partial charge in [-0.25, -0.2) is 4.98 Å². The van der Waals surface area contributed by atoms with Crippen molar-refractivity contribution in [2.24, 2.45) is 0 Å². The van der Waals surface area contributed by atoms with Crippen LogP contribution in [0.25, 0.3) is 22.6 Å². The Kier molecular flexibility index (Phi) is 6.31. The summed E-state index contributed by atoms with van der Waals surface area (Å²) >= 11 is 11.8. The van der Waals surface area contributed by atoms with Crippen LogP contribution in [-0.4, -0.2) is 17.5 Å². The van der Waals surface area contributed by atoms with Crippen LogP contribution in [0, 0.1) is 10.5 Å². The van der Waals surface area contributed by atoms with Crippen LogP contribution in [0.1, 0.15) is 5.56 Å². The van der Waals surface area contributed by atoms with E-state index in [1.165, 1.54) is 0 Å². The second-order valence-electron chi connectivity index (χ2n) is 6.57.